The molecule has 25 heavy (non-hydrogen) atoms. The van der Waals surface area contributed by atoms with Gasteiger partial charge in [0, 0.05) is 29.1 Å². The maximum absolute atomic E-state index is 12.4. The first-order chi connectivity index (χ1) is 12.1. The van der Waals surface area contributed by atoms with Crippen LogP contribution in [0, 0.1) is 0 Å². The van der Waals surface area contributed by atoms with Gasteiger partial charge in [0.1, 0.15) is 6.04 Å². The van der Waals surface area contributed by atoms with Crippen molar-refractivity contribution in [3.8, 4) is 0 Å². The third kappa shape index (κ3) is 3.71. The van der Waals surface area contributed by atoms with Crippen molar-refractivity contribution in [1.29, 1.82) is 0 Å². The molecule has 0 fully saturated rings. The molecule has 0 saturated heterocycles. The highest BCUT2D eigenvalue weighted by Gasteiger charge is 2.22. The van der Waals surface area contributed by atoms with Crippen LogP contribution in [0.5, 0.6) is 0 Å². The summed E-state index contributed by atoms with van der Waals surface area (Å²) in [6, 6.07) is 13.9. The van der Waals surface area contributed by atoms with E-state index < -0.39 is 12.0 Å². The number of aliphatic carboxylic acids is 1. The fourth-order valence-electron chi connectivity index (χ4n) is 2.85. The number of rotatable bonds is 6. The quantitative estimate of drug-likeness (QED) is 0.647. The average molecular weight is 336 g/mol. The summed E-state index contributed by atoms with van der Waals surface area (Å²) < 4.78 is 0. The fourth-order valence-corrected chi connectivity index (χ4v) is 2.85. The smallest absolute Gasteiger partial charge is 0.326 e. The molecule has 0 aliphatic heterocycles. The molecule has 3 aromatic rings. The molecule has 1 heterocycles. The zero-order valence-corrected chi connectivity index (χ0v) is 14.0. The monoisotopic (exact) mass is 336 g/mol. The Balaban J connectivity index is 1.76. The Labute approximate surface area is 145 Å². The Kier molecular flexibility index (Phi) is 4.84. The van der Waals surface area contributed by atoms with Crippen molar-refractivity contribution < 1.29 is 14.7 Å². The first-order valence-corrected chi connectivity index (χ1v) is 8.26. The lowest BCUT2D eigenvalue weighted by atomic mass is 10.0. The molecule has 0 bridgehead atoms. The second-order valence-electron chi connectivity index (χ2n) is 5.98. The number of aromatic nitrogens is 1. The van der Waals surface area contributed by atoms with Crippen LogP contribution < -0.4 is 5.32 Å². The minimum atomic E-state index is -1.05. The number of fused-ring (bicyclic) bond motifs is 1. The number of para-hydroxylation sites is 1. The normalized spacial score (nSPS) is 12.0. The number of hydrogen-bond acceptors (Lipinski definition) is 2. The summed E-state index contributed by atoms with van der Waals surface area (Å²) in [6.45, 7) is 2.04. The van der Waals surface area contributed by atoms with E-state index in [4.69, 9.17) is 0 Å². The predicted molar refractivity (Wildman–Crippen MR) is 96.7 cm³/mol. The number of carboxylic acid groups (broad SMARTS) is 1. The SMILES string of the molecule is CCc1ccc(C(=O)N[C@H](Cc2c[nH]c3ccccc23)C(=O)O)cc1. The van der Waals surface area contributed by atoms with Crippen LogP contribution in [0.1, 0.15) is 28.4 Å². The van der Waals surface area contributed by atoms with Crippen LogP contribution in [0.25, 0.3) is 10.9 Å². The van der Waals surface area contributed by atoms with Crippen molar-refractivity contribution in [2.45, 2.75) is 25.8 Å². The van der Waals surface area contributed by atoms with Gasteiger partial charge < -0.3 is 15.4 Å². The van der Waals surface area contributed by atoms with Crippen LogP contribution in [0.2, 0.25) is 0 Å². The number of H-pyrrole nitrogens is 1. The minimum Gasteiger partial charge on any atom is -0.480 e. The standard InChI is InChI=1S/C20H20N2O3/c1-2-13-7-9-14(10-8-13)19(23)22-18(20(24)25)11-15-12-21-17-6-4-3-5-16(15)17/h3-10,12,18,21H,2,11H2,1H3,(H,22,23)(H,24,25)/t18-/m1/s1. The van der Waals surface area contributed by atoms with Crippen LogP contribution in [0.4, 0.5) is 0 Å². The van der Waals surface area contributed by atoms with Gasteiger partial charge in [-0.05, 0) is 35.7 Å². The van der Waals surface area contributed by atoms with Crippen molar-refractivity contribution >= 4 is 22.8 Å². The van der Waals surface area contributed by atoms with Crippen LogP contribution >= 0.6 is 0 Å². The molecule has 1 amide bonds. The Morgan fingerprint density at radius 1 is 1.12 bits per heavy atom. The molecule has 0 spiro atoms. The molecule has 3 N–H and O–H groups in total. The van der Waals surface area contributed by atoms with Crippen LogP contribution in [0.15, 0.2) is 54.7 Å². The summed E-state index contributed by atoms with van der Waals surface area (Å²) in [7, 11) is 0. The third-order valence-corrected chi connectivity index (χ3v) is 4.33. The summed E-state index contributed by atoms with van der Waals surface area (Å²) in [5.74, 6) is -1.43. The number of aryl methyl sites for hydroxylation is 1. The van der Waals surface area contributed by atoms with Crippen LogP contribution in [-0.4, -0.2) is 28.0 Å². The molecule has 5 nitrogen and oxygen atoms in total. The molecule has 0 aliphatic rings. The van der Waals surface area contributed by atoms with Gasteiger partial charge in [0.2, 0.25) is 0 Å². The summed E-state index contributed by atoms with van der Waals surface area (Å²) in [6.07, 6.45) is 2.90. The molecule has 1 atom stereocenters. The molecule has 3 rings (SSSR count). The molecule has 0 unspecified atom stereocenters. The lowest BCUT2D eigenvalue weighted by Crippen LogP contribution is -2.42. The van der Waals surface area contributed by atoms with Gasteiger partial charge >= 0.3 is 5.97 Å². The molecule has 1 aromatic heterocycles. The lowest BCUT2D eigenvalue weighted by Gasteiger charge is -2.14. The fraction of sp³-hybridized carbons (Fsp3) is 0.200. The molecule has 128 valence electrons. The van der Waals surface area contributed by atoms with Gasteiger partial charge in [0.05, 0.1) is 0 Å². The number of carboxylic acids is 1. The maximum Gasteiger partial charge on any atom is 0.326 e. The van der Waals surface area contributed by atoms with E-state index in [1.807, 2.05) is 43.3 Å². The van der Waals surface area contributed by atoms with E-state index in [0.717, 1.165) is 28.5 Å². The van der Waals surface area contributed by atoms with E-state index in [0.29, 0.717) is 5.56 Å². The summed E-state index contributed by atoms with van der Waals surface area (Å²) >= 11 is 0. The number of nitrogens with one attached hydrogen (secondary N) is 2. The first kappa shape index (κ1) is 16.8. The highest BCUT2D eigenvalue weighted by molar-refractivity contribution is 5.96. The van der Waals surface area contributed by atoms with Gasteiger partial charge in [0.25, 0.3) is 5.91 Å². The Hall–Kier alpha value is -3.08. The van der Waals surface area contributed by atoms with E-state index in [2.05, 4.69) is 10.3 Å². The van der Waals surface area contributed by atoms with Gasteiger partial charge in [0.15, 0.2) is 0 Å². The predicted octanol–water partition coefficient (Wildman–Crippen LogP) is 3.16. The topological polar surface area (TPSA) is 82.2 Å². The Morgan fingerprint density at radius 3 is 2.52 bits per heavy atom. The van der Waals surface area contributed by atoms with Gasteiger partial charge in [-0.25, -0.2) is 4.79 Å². The van der Waals surface area contributed by atoms with Gasteiger partial charge in [-0.3, -0.25) is 4.79 Å². The highest BCUT2D eigenvalue weighted by atomic mass is 16.4. The molecule has 5 heteroatoms. The van der Waals surface area contributed by atoms with Crippen molar-refractivity contribution in [2.24, 2.45) is 0 Å². The van der Waals surface area contributed by atoms with E-state index >= 15 is 0 Å². The second kappa shape index (κ2) is 7.21. The van der Waals surface area contributed by atoms with Gasteiger partial charge in [-0.15, -0.1) is 0 Å². The molecular weight excluding hydrogens is 316 g/mol. The van der Waals surface area contributed by atoms with Crippen molar-refractivity contribution in [2.75, 3.05) is 0 Å². The van der Waals surface area contributed by atoms with Crippen LogP contribution in [-0.2, 0) is 17.6 Å². The molecule has 0 aliphatic carbocycles. The van der Waals surface area contributed by atoms with Gasteiger partial charge in [-0.1, -0.05) is 37.3 Å². The van der Waals surface area contributed by atoms with E-state index in [1.54, 1.807) is 18.3 Å². The number of aromatic amines is 1. The number of hydrogen-bond donors (Lipinski definition) is 3. The minimum absolute atomic E-state index is 0.220. The molecule has 2 aromatic carbocycles. The Bertz CT molecular complexity index is 897. The van der Waals surface area contributed by atoms with E-state index in [9.17, 15) is 14.7 Å². The van der Waals surface area contributed by atoms with Gasteiger partial charge in [-0.2, -0.15) is 0 Å². The first-order valence-electron chi connectivity index (χ1n) is 8.26. The van der Waals surface area contributed by atoms with E-state index in [-0.39, 0.29) is 12.3 Å². The maximum atomic E-state index is 12.4. The largest absolute Gasteiger partial charge is 0.480 e. The number of carbonyl (C=O) groups excluding carboxylic acids is 1. The summed E-state index contributed by atoms with van der Waals surface area (Å²) in [5.41, 5.74) is 3.40. The summed E-state index contributed by atoms with van der Waals surface area (Å²) in [4.78, 5) is 27.1. The average Bonchev–Trinajstić information content (AvgIpc) is 3.04. The molecule has 0 radical (unpaired) electrons. The second-order valence-corrected chi connectivity index (χ2v) is 5.98. The third-order valence-electron chi connectivity index (χ3n) is 4.33. The zero-order valence-electron chi connectivity index (χ0n) is 14.0. The molecule has 0 saturated carbocycles. The van der Waals surface area contributed by atoms with Crippen molar-refractivity contribution in [1.82, 2.24) is 10.3 Å². The van der Waals surface area contributed by atoms with E-state index in [1.165, 1.54) is 0 Å². The van der Waals surface area contributed by atoms with Crippen molar-refractivity contribution in [3.63, 3.8) is 0 Å². The van der Waals surface area contributed by atoms with Crippen molar-refractivity contribution in [3.05, 3.63) is 71.4 Å². The lowest BCUT2D eigenvalue weighted by molar-refractivity contribution is -0.139. The highest BCUT2D eigenvalue weighted by Crippen LogP contribution is 2.19. The zero-order chi connectivity index (χ0) is 17.8. The number of amides is 1. The Morgan fingerprint density at radius 2 is 1.84 bits per heavy atom. The molecular formula is C20H20N2O3. The number of carbonyl (C=O) groups is 2. The number of benzene rings is 2. The van der Waals surface area contributed by atoms with Crippen LogP contribution in [0.3, 0.4) is 0 Å². The summed E-state index contributed by atoms with van der Waals surface area (Å²) in [5, 5.41) is 13.1.